The van der Waals surface area contributed by atoms with Crippen LogP contribution in [0.4, 0.5) is 0 Å². The van der Waals surface area contributed by atoms with Gasteiger partial charge in [-0.3, -0.25) is 0 Å². The molecule has 0 unspecified atom stereocenters. The fourth-order valence-corrected chi connectivity index (χ4v) is 0. The Morgan fingerprint density at radius 1 is 1.75 bits per heavy atom. The van der Waals surface area contributed by atoms with Gasteiger partial charge in [0.2, 0.25) is 0 Å². The van der Waals surface area contributed by atoms with E-state index in [2.05, 4.69) is 0 Å². The molecule has 0 N–H and O–H groups in total. The summed E-state index contributed by atoms with van der Waals surface area (Å²) in [5.74, 6) is 0. The first-order chi connectivity index (χ1) is 1.41. The van der Waals surface area contributed by atoms with Crippen molar-refractivity contribution in [2.45, 2.75) is 0 Å². The van der Waals surface area contributed by atoms with Crippen LogP contribution in [-0.4, -0.2) is 8.80 Å². The third kappa shape index (κ3) is 11.7. The standard InChI is InChI=1S/Cr.Ni.O.H3Si/h;;;1H3. The van der Waals surface area contributed by atoms with Gasteiger partial charge in [0, 0.05) is 16.5 Å². The molecule has 0 rings (SSSR count). The molecule has 0 aromatic heterocycles. The molecule has 0 saturated carbocycles. The molecule has 0 aliphatic rings. The summed E-state index contributed by atoms with van der Waals surface area (Å²) in [6, 6.07) is 0. The van der Waals surface area contributed by atoms with Crippen LogP contribution in [0.25, 0.3) is 0 Å². The molecule has 1 nitrogen and oxygen atoms in total. The molecule has 4 heteroatoms. The molecular weight excluding hydrogens is 155 g/mol. The van der Waals surface area contributed by atoms with Gasteiger partial charge in [-0.2, -0.15) is 0 Å². The summed E-state index contributed by atoms with van der Waals surface area (Å²) in [5.41, 5.74) is 0. The molecule has 0 aliphatic heterocycles. The first-order valence-electron chi connectivity index (χ1n) is 0.575. The van der Waals surface area contributed by atoms with Crippen LogP contribution in [-0.2, 0) is 34.8 Å². The molecule has 0 amide bonds. The van der Waals surface area contributed by atoms with E-state index in [1.165, 1.54) is 0 Å². The summed E-state index contributed by atoms with van der Waals surface area (Å²) in [6.07, 6.45) is 0. The van der Waals surface area contributed by atoms with E-state index in [0.717, 1.165) is 8.80 Å². The Kier molecular flexibility index (Phi) is 20.0. The molecule has 0 aromatic rings. The molecule has 0 aromatic carbocycles. The summed E-state index contributed by atoms with van der Waals surface area (Å²) in [6.45, 7) is 0. The summed E-state index contributed by atoms with van der Waals surface area (Å²) >= 11 is -0.236. The molecular formula is H3CrNiOSi. The fourth-order valence-electron chi connectivity index (χ4n) is 0. The van der Waals surface area contributed by atoms with Crippen LogP contribution in [0, 0.1) is 0 Å². The molecule has 0 bridgehead atoms. The van der Waals surface area contributed by atoms with E-state index in [1.807, 2.05) is 0 Å². The summed E-state index contributed by atoms with van der Waals surface area (Å²) in [4.78, 5) is 0. The second-order valence-electron chi connectivity index (χ2n) is 0.167. The van der Waals surface area contributed by atoms with Gasteiger partial charge in [-0.15, -0.1) is 0 Å². The molecule has 29 valence electrons. The van der Waals surface area contributed by atoms with Crippen LogP contribution in [0.15, 0.2) is 0 Å². The first-order valence-corrected chi connectivity index (χ1v) is 5.74. The molecule has 4 heavy (non-hydrogen) atoms. The monoisotopic (exact) mass is 157 g/mol. The molecule has 0 radical (unpaired) electrons. The van der Waals surface area contributed by atoms with E-state index in [1.54, 1.807) is 0 Å². The van der Waals surface area contributed by atoms with Crippen molar-refractivity contribution in [2.24, 2.45) is 0 Å². The van der Waals surface area contributed by atoms with Crippen LogP contribution in [0.3, 0.4) is 0 Å². The summed E-state index contributed by atoms with van der Waals surface area (Å²) < 4.78 is 9.05. The van der Waals surface area contributed by atoms with E-state index < -0.39 is 0 Å². The van der Waals surface area contributed by atoms with Crippen molar-refractivity contribution in [2.75, 3.05) is 0 Å². The Bertz CT molecular complexity index is 15.5. The normalized spacial score (nSPS) is 4.00. The van der Waals surface area contributed by atoms with Crippen molar-refractivity contribution >= 4 is 8.80 Å². The van der Waals surface area contributed by atoms with Gasteiger partial charge in [0.05, 0.1) is 0 Å². The van der Waals surface area contributed by atoms with Gasteiger partial charge in [-0.1, -0.05) is 0 Å². The van der Waals surface area contributed by atoms with Crippen molar-refractivity contribution in [1.82, 2.24) is 0 Å². The predicted octanol–water partition coefficient (Wildman–Crippen LogP) is -1.31. The number of rotatable bonds is 0. The first kappa shape index (κ1) is 8.90. The van der Waals surface area contributed by atoms with Gasteiger partial charge >= 0.3 is 27.1 Å². The molecule has 0 atom stereocenters. The summed E-state index contributed by atoms with van der Waals surface area (Å²) in [7, 11) is 0.876. The second kappa shape index (κ2) is 8.97. The van der Waals surface area contributed by atoms with Crippen LogP contribution < -0.4 is 0 Å². The molecule has 0 saturated heterocycles. The second-order valence-corrected chi connectivity index (χ2v) is 2.06. The van der Waals surface area contributed by atoms with Crippen LogP contribution in [0.2, 0.25) is 0 Å². The number of hydrogen-bond acceptors (Lipinski definition) is 1. The quantitative estimate of drug-likeness (QED) is 0.400. The van der Waals surface area contributed by atoms with Gasteiger partial charge in [-0.25, -0.2) is 0 Å². The third-order valence-electron chi connectivity index (χ3n) is 0. The van der Waals surface area contributed by atoms with Gasteiger partial charge in [0.1, 0.15) is 0 Å². The fraction of sp³-hybridized carbons (Fsp3) is 0. The zero-order valence-electron chi connectivity index (χ0n) is 2.13. The molecule has 0 aliphatic carbocycles. The van der Waals surface area contributed by atoms with Crippen molar-refractivity contribution < 1.29 is 34.8 Å². The van der Waals surface area contributed by atoms with Gasteiger partial charge in [0.25, 0.3) is 0 Å². The van der Waals surface area contributed by atoms with Crippen molar-refractivity contribution in [3.63, 3.8) is 0 Å². The van der Waals surface area contributed by atoms with E-state index >= 15 is 0 Å². The van der Waals surface area contributed by atoms with Crippen LogP contribution in [0.1, 0.15) is 0 Å². The van der Waals surface area contributed by atoms with Crippen molar-refractivity contribution in [3.8, 4) is 0 Å². The van der Waals surface area contributed by atoms with E-state index in [-0.39, 0.29) is 31.0 Å². The Morgan fingerprint density at radius 2 is 1.75 bits per heavy atom. The SMILES string of the molecule is [Ni].[O]=[Cr][SiH3]. The third-order valence-corrected chi connectivity index (χ3v) is 0. The molecule has 0 spiro atoms. The van der Waals surface area contributed by atoms with Crippen LogP contribution in [0.5, 0.6) is 0 Å². The maximum atomic E-state index is 9.05. The van der Waals surface area contributed by atoms with E-state index in [4.69, 9.17) is 3.80 Å². The predicted molar refractivity (Wildman–Crippen MR) is 10.6 cm³/mol. The molecule has 0 heterocycles. The van der Waals surface area contributed by atoms with E-state index in [0.29, 0.717) is 0 Å². The molecule has 0 fully saturated rings. The average Bonchev–Trinajstić information content (AvgIpc) is 0.918. The van der Waals surface area contributed by atoms with Crippen molar-refractivity contribution in [1.29, 1.82) is 0 Å². The number of hydrogen-bond donors (Lipinski definition) is 0. The Hall–Kier alpha value is 1.04. The minimum atomic E-state index is -0.236. The summed E-state index contributed by atoms with van der Waals surface area (Å²) in [5, 5.41) is 0. The average molecular weight is 158 g/mol. The Morgan fingerprint density at radius 3 is 1.75 bits per heavy atom. The van der Waals surface area contributed by atoms with Crippen LogP contribution >= 0.6 is 0 Å². The van der Waals surface area contributed by atoms with Gasteiger partial charge in [-0.05, 0) is 0 Å². The topological polar surface area (TPSA) is 17.1 Å². The van der Waals surface area contributed by atoms with Gasteiger partial charge in [0.15, 0.2) is 0 Å². The van der Waals surface area contributed by atoms with Crippen molar-refractivity contribution in [3.05, 3.63) is 0 Å². The van der Waals surface area contributed by atoms with E-state index in [9.17, 15) is 0 Å². The minimum absolute atomic E-state index is 0. The Labute approximate surface area is 43.9 Å². The van der Waals surface area contributed by atoms with Gasteiger partial charge < -0.3 is 0 Å². The zero-order valence-corrected chi connectivity index (χ0v) is 6.40. The zero-order chi connectivity index (χ0) is 2.71. The maximum absolute atomic E-state index is 9.05. The Balaban J connectivity index is 0.